The number of nitrogens with one attached hydrogen (secondary N) is 1. The van der Waals surface area contributed by atoms with Crippen LogP contribution in [-0.2, 0) is 0 Å². The molecule has 0 aromatic carbocycles. The molecule has 2 unspecified atom stereocenters. The Morgan fingerprint density at radius 2 is 2.00 bits per heavy atom. The van der Waals surface area contributed by atoms with Crippen LogP contribution in [0.2, 0.25) is 0 Å². The van der Waals surface area contributed by atoms with Crippen molar-refractivity contribution in [2.24, 2.45) is 0 Å². The van der Waals surface area contributed by atoms with E-state index in [0.29, 0.717) is 0 Å². The first-order valence-electron chi connectivity index (χ1n) is 6.81. The minimum atomic E-state index is 0.778. The molecule has 0 aromatic heterocycles. The molecule has 0 spiro atoms. The van der Waals surface area contributed by atoms with Gasteiger partial charge in [0.2, 0.25) is 0 Å². The summed E-state index contributed by atoms with van der Waals surface area (Å²) >= 11 is 2.19. The predicted octanol–water partition coefficient (Wildman–Crippen LogP) is 2.59. The topological polar surface area (TPSA) is 15.3 Å². The lowest BCUT2D eigenvalue weighted by Gasteiger charge is -2.29. The van der Waals surface area contributed by atoms with Gasteiger partial charge in [0.25, 0.3) is 0 Å². The molecule has 1 saturated carbocycles. The molecule has 2 atom stereocenters. The highest BCUT2D eigenvalue weighted by molar-refractivity contribution is 7.99. The Morgan fingerprint density at radius 3 is 2.62 bits per heavy atom. The number of thioether (sulfide) groups is 1. The molecular weight excluding hydrogens is 216 g/mol. The van der Waals surface area contributed by atoms with E-state index < -0.39 is 0 Å². The van der Waals surface area contributed by atoms with Crippen LogP contribution in [0.4, 0.5) is 0 Å². The van der Waals surface area contributed by atoms with Crippen molar-refractivity contribution in [3.05, 3.63) is 0 Å². The van der Waals surface area contributed by atoms with E-state index in [-0.39, 0.29) is 0 Å². The summed E-state index contributed by atoms with van der Waals surface area (Å²) in [5.74, 6) is 1.31. The zero-order valence-electron chi connectivity index (χ0n) is 11.2. The molecule has 1 aliphatic rings. The van der Waals surface area contributed by atoms with E-state index in [0.717, 1.165) is 11.3 Å². The van der Waals surface area contributed by atoms with Gasteiger partial charge in [-0.25, -0.2) is 0 Å². The maximum absolute atomic E-state index is 3.43. The fraction of sp³-hybridized carbons (Fsp3) is 1.00. The average Bonchev–Trinajstić information content (AvgIpc) is 2.35. The van der Waals surface area contributed by atoms with Gasteiger partial charge in [-0.05, 0) is 39.4 Å². The molecule has 96 valence electrons. The Balaban J connectivity index is 2.12. The predicted molar refractivity (Wildman–Crippen MR) is 75.3 cm³/mol. The van der Waals surface area contributed by atoms with Crippen molar-refractivity contribution >= 4 is 11.8 Å². The van der Waals surface area contributed by atoms with E-state index >= 15 is 0 Å². The van der Waals surface area contributed by atoms with E-state index in [2.05, 4.69) is 42.9 Å². The SMILES string of the molecule is CCN(CC)CCSC1CCCC(NC)C1. The van der Waals surface area contributed by atoms with Gasteiger partial charge in [-0.1, -0.05) is 20.3 Å². The second-order valence-corrected chi connectivity index (χ2v) is 6.08. The highest BCUT2D eigenvalue weighted by Crippen LogP contribution is 2.28. The summed E-state index contributed by atoms with van der Waals surface area (Å²) in [4.78, 5) is 2.52. The van der Waals surface area contributed by atoms with Gasteiger partial charge in [0, 0.05) is 23.6 Å². The van der Waals surface area contributed by atoms with Crippen molar-refractivity contribution in [2.45, 2.75) is 50.8 Å². The molecule has 0 amide bonds. The van der Waals surface area contributed by atoms with E-state index in [9.17, 15) is 0 Å². The first kappa shape index (κ1) is 14.3. The third-order valence-electron chi connectivity index (χ3n) is 3.69. The summed E-state index contributed by atoms with van der Waals surface area (Å²) < 4.78 is 0. The van der Waals surface area contributed by atoms with Gasteiger partial charge >= 0.3 is 0 Å². The molecule has 1 rings (SSSR count). The Kier molecular flexibility index (Phi) is 7.50. The van der Waals surface area contributed by atoms with Crippen LogP contribution in [0.1, 0.15) is 39.5 Å². The summed E-state index contributed by atoms with van der Waals surface area (Å²) in [6.07, 6.45) is 5.60. The van der Waals surface area contributed by atoms with Gasteiger partial charge in [0.1, 0.15) is 0 Å². The molecule has 1 aliphatic carbocycles. The minimum absolute atomic E-state index is 0.778. The third-order valence-corrected chi connectivity index (χ3v) is 5.01. The first-order chi connectivity index (χ1) is 7.80. The van der Waals surface area contributed by atoms with Crippen LogP contribution in [0.25, 0.3) is 0 Å². The summed E-state index contributed by atoms with van der Waals surface area (Å²) in [7, 11) is 2.10. The van der Waals surface area contributed by atoms with Crippen LogP contribution in [-0.4, -0.2) is 48.6 Å². The largest absolute Gasteiger partial charge is 0.317 e. The number of nitrogens with zero attached hydrogens (tertiary/aromatic N) is 1. The fourth-order valence-corrected chi connectivity index (χ4v) is 3.85. The summed E-state index contributed by atoms with van der Waals surface area (Å²) in [6, 6.07) is 0.778. The Labute approximate surface area is 106 Å². The number of rotatable bonds is 7. The van der Waals surface area contributed by atoms with Gasteiger partial charge in [-0.2, -0.15) is 11.8 Å². The second-order valence-electron chi connectivity index (χ2n) is 4.67. The maximum Gasteiger partial charge on any atom is 0.00746 e. The zero-order valence-corrected chi connectivity index (χ0v) is 12.0. The van der Waals surface area contributed by atoms with E-state index in [1.807, 2.05) is 0 Å². The molecule has 16 heavy (non-hydrogen) atoms. The summed E-state index contributed by atoms with van der Waals surface area (Å²) in [5, 5.41) is 4.34. The smallest absolute Gasteiger partial charge is 0.00746 e. The zero-order chi connectivity index (χ0) is 11.8. The molecule has 0 radical (unpaired) electrons. The van der Waals surface area contributed by atoms with Crippen LogP contribution in [0.15, 0.2) is 0 Å². The standard InChI is InChI=1S/C13H28N2S/c1-4-15(5-2)9-10-16-13-8-6-7-12(11-13)14-3/h12-14H,4-11H2,1-3H3. The molecule has 0 heterocycles. The molecular formula is C13H28N2S. The lowest BCUT2D eigenvalue weighted by atomic mass is 9.95. The van der Waals surface area contributed by atoms with Crippen molar-refractivity contribution < 1.29 is 0 Å². The number of hydrogen-bond acceptors (Lipinski definition) is 3. The third kappa shape index (κ3) is 5.07. The van der Waals surface area contributed by atoms with Crippen LogP contribution in [0, 0.1) is 0 Å². The quantitative estimate of drug-likeness (QED) is 0.741. The van der Waals surface area contributed by atoms with E-state index in [1.165, 1.54) is 51.1 Å². The summed E-state index contributed by atoms with van der Waals surface area (Å²) in [5.41, 5.74) is 0. The van der Waals surface area contributed by atoms with Gasteiger partial charge in [-0.15, -0.1) is 0 Å². The molecule has 1 fully saturated rings. The lowest BCUT2D eigenvalue weighted by Crippen LogP contribution is -2.33. The fourth-order valence-electron chi connectivity index (χ4n) is 2.45. The van der Waals surface area contributed by atoms with Crippen molar-refractivity contribution in [2.75, 3.05) is 32.4 Å². The molecule has 0 aliphatic heterocycles. The second kappa shape index (κ2) is 8.37. The summed E-state index contributed by atoms with van der Waals surface area (Å²) in [6.45, 7) is 8.16. The highest BCUT2D eigenvalue weighted by atomic mass is 32.2. The Morgan fingerprint density at radius 1 is 1.25 bits per heavy atom. The normalized spacial score (nSPS) is 26.2. The Bertz CT molecular complexity index is 171. The van der Waals surface area contributed by atoms with E-state index in [4.69, 9.17) is 0 Å². The lowest BCUT2D eigenvalue weighted by molar-refractivity contribution is 0.323. The van der Waals surface area contributed by atoms with Crippen molar-refractivity contribution in [1.29, 1.82) is 0 Å². The molecule has 1 N–H and O–H groups in total. The van der Waals surface area contributed by atoms with Crippen molar-refractivity contribution in [3.63, 3.8) is 0 Å². The van der Waals surface area contributed by atoms with Crippen LogP contribution in [0.3, 0.4) is 0 Å². The van der Waals surface area contributed by atoms with Gasteiger partial charge in [-0.3, -0.25) is 0 Å². The Hall–Kier alpha value is 0.270. The average molecular weight is 244 g/mol. The van der Waals surface area contributed by atoms with Crippen LogP contribution >= 0.6 is 11.8 Å². The van der Waals surface area contributed by atoms with E-state index in [1.54, 1.807) is 0 Å². The molecule has 3 heteroatoms. The first-order valence-corrected chi connectivity index (χ1v) is 7.86. The van der Waals surface area contributed by atoms with Crippen molar-refractivity contribution in [1.82, 2.24) is 10.2 Å². The van der Waals surface area contributed by atoms with Gasteiger partial charge in [0.15, 0.2) is 0 Å². The van der Waals surface area contributed by atoms with Gasteiger partial charge in [0.05, 0.1) is 0 Å². The van der Waals surface area contributed by atoms with Gasteiger partial charge < -0.3 is 10.2 Å². The molecule has 0 aromatic rings. The van der Waals surface area contributed by atoms with Crippen molar-refractivity contribution in [3.8, 4) is 0 Å². The monoisotopic (exact) mass is 244 g/mol. The number of hydrogen-bond donors (Lipinski definition) is 1. The maximum atomic E-state index is 3.43. The minimum Gasteiger partial charge on any atom is -0.317 e. The molecule has 2 nitrogen and oxygen atoms in total. The molecule has 0 bridgehead atoms. The molecule has 0 saturated heterocycles. The highest BCUT2D eigenvalue weighted by Gasteiger charge is 2.20. The van der Waals surface area contributed by atoms with Crippen LogP contribution < -0.4 is 5.32 Å². The van der Waals surface area contributed by atoms with Crippen LogP contribution in [0.5, 0.6) is 0 Å².